The van der Waals surface area contributed by atoms with Crippen LogP contribution in [0.1, 0.15) is 17.0 Å². The van der Waals surface area contributed by atoms with Gasteiger partial charge in [-0.1, -0.05) is 11.8 Å². The van der Waals surface area contributed by atoms with Gasteiger partial charge in [0.15, 0.2) is 10.7 Å². The maximum atomic E-state index is 8.93. The number of thioether (sulfide) groups is 1. The first-order valence-electron chi connectivity index (χ1n) is 7.72. The Morgan fingerprint density at radius 3 is 2.92 bits per heavy atom. The Kier molecular flexibility index (Phi) is 5.16. The summed E-state index contributed by atoms with van der Waals surface area (Å²) in [6, 6.07) is 5.52. The van der Waals surface area contributed by atoms with Crippen LogP contribution >= 0.6 is 11.8 Å². The topological polar surface area (TPSA) is 105 Å². The van der Waals surface area contributed by atoms with Gasteiger partial charge in [-0.05, 0) is 26.6 Å². The summed E-state index contributed by atoms with van der Waals surface area (Å²) in [4.78, 5) is 14.8. The molecule has 0 atom stereocenters. The average molecular weight is 354 g/mol. The molecule has 2 N–H and O–H groups in total. The van der Waals surface area contributed by atoms with E-state index in [1.807, 2.05) is 20.2 Å². The Labute approximate surface area is 149 Å². The number of hydrogen-bond acceptors (Lipinski definition) is 8. The molecule has 0 aliphatic carbocycles. The van der Waals surface area contributed by atoms with Crippen molar-refractivity contribution in [2.45, 2.75) is 18.1 Å². The largest absolute Gasteiger partial charge is 0.462 e. The molecule has 0 bridgehead atoms. The number of furan rings is 1. The number of hydrogen-bond donors (Lipinski definition) is 1. The Bertz CT molecular complexity index is 931. The minimum absolute atomic E-state index is 0.279. The van der Waals surface area contributed by atoms with Crippen LogP contribution in [0.25, 0.3) is 11.0 Å². The first-order chi connectivity index (χ1) is 12.0. The molecule has 0 spiro atoms. The van der Waals surface area contributed by atoms with Gasteiger partial charge >= 0.3 is 0 Å². The lowest BCUT2D eigenvalue weighted by molar-refractivity contribution is 0.401. The monoisotopic (exact) mass is 354 g/mol. The summed E-state index contributed by atoms with van der Waals surface area (Å²) in [5, 5.41) is 10.5. The highest BCUT2D eigenvalue weighted by Gasteiger charge is 2.09. The smallest absolute Gasteiger partial charge is 0.190 e. The normalized spacial score (nSPS) is 11.1. The van der Waals surface area contributed by atoms with Crippen LogP contribution in [-0.4, -0.2) is 39.7 Å². The van der Waals surface area contributed by atoms with Gasteiger partial charge in [-0.15, -0.1) is 0 Å². The summed E-state index contributed by atoms with van der Waals surface area (Å²) in [5.74, 6) is 1.05. The minimum Gasteiger partial charge on any atom is -0.462 e. The first kappa shape index (κ1) is 17.2. The van der Waals surface area contributed by atoms with Crippen molar-refractivity contribution in [2.75, 3.05) is 25.6 Å². The average Bonchev–Trinajstić information content (AvgIpc) is 2.96. The predicted molar refractivity (Wildman–Crippen MR) is 97.0 cm³/mol. The Morgan fingerprint density at radius 2 is 2.16 bits per heavy atom. The van der Waals surface area contributed by atoms with Gasteiger partial charge in [-0.2, -0.15) is 5.26 Å². The maximum Gasteiger partial charge on any atom is 0.190 e. The highest BCUT2D eigenvalue weighted by atomic mass is 32.2. The molecular formula is C17H18N6OS. The third-order valence-electron chi connectivity index (χ3n) is 3.51. The number of pyridine rings is 1. The van der Waals surface area contributed by atoms with Gasteiger partial charge in [0.2, 0.25) is 0 Å². The first-order valence-corrected chi connectivity index (χ1v) is 8.71. The van der Waals surface area contributed by atoms with Crippen molar-refractivity contribution in [3.63, 3.8) is 0 Å². The van der Waals surface area contributed by atoms with Gasteiger partial charge < -0.3 is 15.1 Å². The number of fused-ring (bicyclic) bond motifs is 1. The molecule has 0 fully saturated rings. The van der Waals surface area contributed by atoms with Gasteiger partial charge in [0.25, 0.3) is 0 Å². The lowest BCUT2D eigenvalue weighted by Crippen LogP contribution is -2.10. The molecule has 0 saturated carbocycles. The predicted octanol–water partition coefficient (Wildman–Crippen LogP) is 2.47. The van der Waals surface area contributed by atoms with Gasteiger partial charge in [-0.3, -0.25) is 4.98 Å². The molecule has 8 heteroatoms. The molecule has 128 valence electrons. The van der Waals surface area contributed by atoms with E-state index in [4.69, 9.17) is 15.4 Å². The van der Waals surface area contributed by atoms with Crippen molar-refractivity contribution in [3.05, 3.63) is 41.5 Å². The summed E-state index contributed by atoms with van der Waals surface area (Å²) in [6.45, 7) is 0.819. The quantitative estimate of drug-likeness (QED) is 0.532. The van der Waals surface area contributed by atoms with E-state index < -0.39 is 0 Å². The highest BCUT2D eigenvalue weighted by molar-refractivity contribution is 7.99. The van der Waals surface area contributed by atoms with Crippen LogP contribution in [0.4, 0.5) is 5.82 Å². The Hall–Kier alpha value is -2.63. The van der Waals surface area contributed by atoms with Crippen LogP contribution in [0.15, 0.2) is 34.2 Å². The number of nitrogens with two attached hydrogens (primary N) is 1. The van der Waals surface area contributed by atoms with E-state index in [1.165, 1.54) is 17.8 Å². The second kappa shape index (κ2) is 7.51. The van der Waals surface area contributed by atoms with Crippen LogP contribution in [0.3, 0.4) is 0 Å². The van der Waals surface area contributed by atoms with Crippen LogP contribution in [0.2, 0.25) is 0 Å². The second-order valence-corrected chi connectivity index (χ2v) is 6.90. The van der Waals surface area contributed by atoms with Crippen molar-refractivity contribution in [2.24, 2.45) is 0 Å². The number of aromatic nitrogens is 3. The molecule has 0 amide bonds. The number of nitrogen functional groups attached to an aromatic ring is 1. The van der Waals surface area contributed by atoms with Gasteiger partial charge in [-0.25, -0.2) is 9.97 Å². The number of aryl methyl sites for hydroxylation is 1. The minimum atomic E-state index is 0.279. The lowest BCUT2D eigenvalue weighted by Gasteiger charge is -2.07. The molecule has 7 nitrogen and oxygen atoms in total. The second-order valence-electron chi connectivity index (χ2n) is 5.84. The highest BCUT2D eigenvalue weighted by Crippen LogP contribution is 2.23. The van der Waals surface area contributed by atoms with E-state index in [2.05, 4.69) is 25.9 Å². The van der Waals surface area contributed by atoms with Gasteiger partial charge in [0.05, 0.1) is 12.5 Å². The molecule has 0 unspecified atom stereocenters. The lowest BCUT2D eigenvalue weighted by atomic mass is 10.1. The van der Waals surface area contributed by atoms with E-state index >= 15 is 0 Å². The molecule has 0 aliphatic heterocycles. The van der Waals surface area contributed by atoms with E-state index in [0.717, 1.165) is 40.9 Å². The molecule has 3 aromatic rings. The number of nitriles is 1. The SMILES string of the molecule is CN(C)Cc1coc2cnc(CCSc3nc(N)cc(C#N)n3)cc12. The fourth-order valence-corrected chi connectivity index (χ4v) is 3.27. The number of nitrogens with zero attached hydrogens (tertiary/aromatic N) is 5. The summed E-state index contributed by atoms with van der Waals surface area (Å²) in [5.41, 5.74) is 8.88. The zero-order valence-electron chi connectivity index (χ0n) is 14.1. The number of anilines is 1. The van der Waals surface area contributed by atoms with Crippen LogP contribution in [-0.2, 0) is 13.0 Å². The molecule has 3 aromatic heterocycles. The summed E-state index contributed by atoms with van der Waals surface area (Å²) in [6.07, 6.45) is 4.31. The van der Waals surface area contributed by atoms with Crippen molar-refractivity contribution >= 4 is 28.5 Å². The van der Waals surface area contributed by atoms with E-state index in [9.17, 15) is 0 Å². The zero-order chi connectivity index (χ0) is 17.8. The molecule has 3 rings (SSSR count). The van der Waals surface area contributed by atoms with Gasteiger partial charge in [0, 0.05) is 35.0 Å². The summed E-state index contributed by atoms with van der Waals surface area (Å²) < 4.78 is 5.56. The molecule has 0 aromatic carbocycles. The van der Waals surface area contributed by atoms with Crippen LogP contribution < -0.4 is 5.73 Å². The molecule has 0 saturated heterocycles. The Balaban J connectivity index is 1.69. The zero-order valence-corrected chi connectivity index (χ0v) is 14.9. The van der Waals surface area contributed by atoms with Crippen molar-refractivity contribution < 1.29 is 4.42 Å². The Morgan fingerprint density at radius 1 is 1.32 bits per heavy atom. The van der Waals surface area contributed by atoms with Crippen molar-refractivity contribution in [1.29, 1.82) is 5.26 Å². The summed E-state index contributed by atoms with van der Waals surface area (Å²) in [7, 11) is 4.05. The molecule has 3 heterocycles. The van der Waals surface area contributed by atoms with E-state index in [0.29, 0.717) is 11.0 Å². The van der Waals surface area contributed by atoms with E-state index in [-0.39, 0.29) is 5.69 Å². The fraction of sp³-hybridized carbons (Fsp3) is 0.294. The fourth-order valence-electron chi connectivity index (χ4n) is 2.44. The molecular weight excluding hydrogens is 336 g/mol. The number of rotatable bonds is 6. The van der Waals surface area contributed by atoms with Crippen molar-refractivity contribution in [3.8, 4) is 6.07 Å². The third kappa shape index (κ3) is 4.26. The molecule has 0 radical (unpaired) electrons. The standard InChI is InChI=1S/C17H18N6OS/c1-23(2)9-11-10-24-15-8-20-12(5-14(11)15)3-4-25-17-21-13(7-18)6-16(19)22-17/h5-6,8,10H,3-4,9H2,1-2H3,(H2,19,21,22). The summed E-state index contributed by atoms with van der Waals surface area (Å²) >= 11 is 1.46. The van der Waals surface area contributed by atoms with Crippen LogP contribution in [0.5, 0.6) is 0 Å². The van der Waals surface area contributed by atoms with Gasteiger partial charge in [0.1, 0.15) is 17.6 Å². The molecule has 0 aliphatic rings. The molecule has 25 heavy (non-hydrogen) atoms. The van der Waals surface area contributed by atoms with Crippen LogP contribution in [0, 0.1) is 11.3 Å². The third-order valence-corrected chi connectivity index (χ3v) is 4.36. The van der Waals surface area contributed by atoms with Crippen molar-refractivity contribution in [1.82, 2.24) is 19.9 Å². The maximum absolute atomic E-state index is 8.93. The van der Waals surface area contributed by atoms with E-state index in [1.54, 1.807) is 12.5 Å².